The number of thiophene rings is 1. The second-order valence-corrected chi connectivity index (χ2v) is 7.82. The average Bonchev–Trinajstić information content (AvgIpc) is 3.20. The van der Waals surface area contributed by atoms with Gasteiger partial charge in [0, 0.05) is 11.3 Å². The van der Waals surface area contributed by atoms with Crippen LogP contribution >= 0.6 is 11.3 Å². The predicted molar refractivity (Wildman–Crippen MR) is 111 cm³/mol. The monoisotopic (exact) mass is 416 g/mol. The van der Waals surface area contributed by atoms with Gasteiger partial charge in [0.2, 0.25) is 0 Å². The molecule has 1 aromatic heterocycles. The van der Waals surface area contributed by atoms with Crippen LogP contribution < -0.4 is 10.6 Å². The average molecular weight is 416 g/mol. The van der Waals surface area contributed by atoms with E-state index in [1.54, 1.807) is 55.6 Å². The zero-order valence-electron chi connectivity index (χ0n) is 16.7. The van der Waals surface area contributed by atoms with E-state index in [2.05, 4.69) is 10.6 Å². The summed E-state index contributed by atoms with van der Waals surface area (Å²) in [4.78, 5) is 48.9. The summed E-state index contributed by atoms with van der Waals surface area (Å²) in [6.45, 7) is 6.47. The molecule has 0 fully saturated rings. The molecule has 0 unspecified atom stereocenters. The fourth-order valence-corrected chi connectivity index (χ4v) is 3.08. The Balaban J connectivity index is 1.96. The molecule has 0 bridgehead atoms. The smallest absolute Gasteiger partial charge is 0.329 e. The van der Waals surface area contributed by atoms with Crippen molar-refractivity contribution < 1.29 is 23.9 Å². The molecule has 2 aromatic rings. The van der Waals surface area contributed by atoms with Crippen LogP contribution in [0.5, 0.6) is 0 Å². The van der Waals surface area contributed by atoms with E-state index in [0.717, 1.165) is 0 Å². The Morgan fingerprint density at radius 3 is 2.17 bits per heavy atom. The van der Waals surface area contributed by atoms with E-state index in [0.29, 0.717) is 16.1 Å². The maximum Gasteiger partial charge on any atom is 0.329 e. The van der Waals surface area contributed by atoms with Crippen LogP contribution in [0.2, 0.25) is 0 Å². The summed E-state index contributed by atoms with van der Waals surface area (Å²) in [7, 11) is 0. The van der Waals surface area contributed by atoms with Crippen LogP contribution in [0.3, 0.4) is 0 Å². The van der Waals surface area contributed by atoms with Crippen molar-refractivity contribution in [2.75, 3.05) is 5.32 Å². The number of nitrogens with one attached hydrogen (secondary N) is 2. The quantitative estimate of drug-likeness (QED) is 0.508. The molecule has 0 saturated heterocycles. The summed E-state index contributed by atoms with van der Waals surface area (Å²) in [5.74, 6) is -1.85. The van der Waals surface area contributed by atoms with Gasteiger partial charge in [0.25, 0.3) is 11.8 Å². The Bertz CT molecular complexity index is 875. The van der Waals surface area contributed by atoms with Crippen LogP contribution in [0.1, 0.15) is 47.7 Å². The van der Waals surface area contributed by atoms with E-state index < -0.39 is 24.0 Å². The van der Waals surface area contributed by atoms with E-state index in [1.165, 1.54) is 25.2 Å². The summed E-state index contributed by atoms with van der Waals surface area (Å²) in [5, 5.41) is 7.06. The summed E-state index contributed by atoms with van der Waals surface area (Å²) < 4.78 is 5.27. The predicted octanol–water partition coefficient (Wildman–Crippen LogP) is 3.28. The van der Waals surface area contributed by atoms with Gasteiger partial charge in [-0.05, 0) is 55.5 Å². The second-order valence-electron chi connectivity index (χ2n) is 6.87. The van der Waals surface area contributed by atoms with E-state index in [1.807, 2.05) is 0 Å². The summed E-state index contributed by atoms with van der Waals surface area (Å²) in [6, 6.07) is 8.93. The van der Waals surface area contributed by atoms with Crippen molar-refractivity contribution in [3.8, 4) is 0 Å². The molecule has 2 atom stereocenters. The molecule has 1 aromatic carbocycles. The maximum absolute atomic E-state index is 12.5. The minimum atomic E-state index is -1.06. The minimum absolute atomic E-state index is 0.0745. The number of ether oxygens (including phenoxy) is 1. The van der Waals surface area contributed by atoms with Gasteiger partial charge in [0.1, 0.15) is 6.04 Å². The zero-order valence-corrected chi connectivity index (χ0v) is 17.5. The van der Waals surface area contributed by atoms with Gasteiger partial charge in [-0.25, -0.2) is 4.79 Å². The van der Waals surface area contributed by atoms with Crippen LogP contribution in [-0.2, 0) is 14.3 Å². The third-order valence-corrected chi connectivity index (χ3v) is 5.04. The largest absolute Gasteiger partial charge is 0.451 e. The van der Waals surface area contributed by atoms with Crippen LogP contribution in [0.25, 0.3) is 0 Å². The van der Waals surface area contributed by atoms with Crippen molar-refractivity contribution >= 4 is 40.6 Å². The first-order chi connectivity index (χ1) is 13.7. The zero-order chi connectivity index (χ0) is 21.6. The number of amides is 2. The standard InChI is InChI=1S/C21H24N2O5S/c1-12(2)18(23-20(26)17-6-5-11-29-17)21(27)28-14(4)19(25)22-16-9-7-15(8-10-16)13(3)24/h5-12,14,18H,1-4H3,(H,22,25)(H,23,26)/t14-,18-/m0/s1. The lowest BCUT2D eigenvalue weighted by Crippen LogP contribution is -2.47. The lowest BCUT2D eigenvalue weighted by Gasteiger charge is -2.22. The number of esters is 1. The Morgan fingerprint density at radius 2 is 1.66 bits per heavy atom. The third kappa shape index (κ3) is 6.25. The number of hydrogen-bond donors (Lipinski definition) is 2. The number of hydrogen-bond acceptors (Lipinski definition) is 6. The highest BCUT2D eigenvalue weighted by atomic mass is 32.1. The van der Waals surface area contributed by atoms with Crippen molar-refractivity contribution in [1.82, 2.24) is 5.32 Å². The molecule has 8 heteroatoms. The number of carbonyl (C=O) groups excluding carboxylic acids is 4. The van der Waals surface area contributed by atoms with Crippen molar-refractivity contribution in [2.24, 2.45) is 5.92 Å². The fourth-order valence-electron chi connectivity index (χ4n) is 2.45. The van der Waals surface area contributed by atoms with Crippen molar-refractivity contribution in [3.05, 3.63) is 52.2 Å². The molecule has 2 N–H and O–H groups in total. The highest BCUT2D eigenvalue weighted by molar-refractivity contribution is 7.12. The first-order valence-electron chi connectivity index (χ1n) is 9.15. The van der Waals surface area contributed by atoms with Gasteiger partial charge in [0.15, 0.2) is 11.9 Å². The van der Waals surface area contributed by atoms with Gasteiger partial charge in [-0.3, -0.25) is 14.4 Å². The van der Waals surface area contributed by atoms with Gasteiger partial charge < -0.3 is 15.4 Å². The molecule has 0 spiro atoms. The van der Waals surface area contributed by atoms with Crippen LogP contribution in [0.4, 0.5) is 5.69 Å². The Morgan fingerprint density at radius 1 is 1.00 bits per heavy atom. The van der Waals surface area contributed by atoms with Crippen LogP contribution in [0.15, 0.2) is 41.8 Å². The highest BCUT2D eigenvalue weighted by Gasteiger charge is 2.29. The molecule has 2 amide bonds. The van der Waals surface area contributed by atoms with Gasteiger partial charge in [-0.2, -0.15) is 0 Å². The van der Waals surface area contributed by atoms with E-state index in [9.17, 15) is 19.2 Å². The van der Waals surface area contributed by atoms with E-state index in [4.69, 9.17) is 4.74 Å². The summed E-state index contributed by atoms with van der Waals surface area (Å²) in [6.07, 6.45) is -1.06. The van der Waals surface area contributed by atoms with Crippen LogP contribution in [0, 0.1) is 5.92 Å². The van der Waals surface area contributed by atoms with Gasteiger partial charge in [-0.15, -0.1) is 11.3 Å². The molecule has 7 nitrogen and oxygen atoms in total. The molecule has 154 valence electrons. The van der Waals surface area contributed by atoms with Crippen molar-refractivity contribution in [2.45, 2.75) is 39.8 Å². The number of Topliss-reactive ketones (excluding diaryl/α,β-unsaturated/α-hetero) is 1. The first-order valence-corrected chi connectivity index (χ1v) is 10.0. The topological polar surface area (TPSA) is 102 Å². The number of carbonyl (C=O) groups is 4. The molecule has 29 heavy (non-hydrogen) atoms. The molecule has 0 aliphatic heterocycles. The van der Waals surface area contributed by atoms with E-state index >= 15 is 0 Å². The number of anilines is 1. The fraction of sp³-hybridized carbons (Fsp3) is 0.333. The van der Waals surface area contributed by atoms with Gasteiger partial charge in [0.05, 0.1) is 4.88 Å². The molecule has 0 aliphatic carbocycles. The summed E-state index contributed by atoms with van der Waals surface area (Å²) in [5.41, 5.74) is 1.01. The second kappa shape index (κ2) is 9.97. The molecule has 0 radical (unpaired) electrons. The number of rotatable bonds is 8. The number of ketones is 1. The van der Waals surface area contributed by atoms with Gasteiger partial charge in [-0.1, -0.05) is 19.9 Å². The van der Waals surface area contributed by atoms with E-state index in [-0.39, 0.29) is 17.6 Å². The minimum Gasteiger partial charge on any atom is -0.451 e. The SMILES string of the molecule is CC(=O)c1ccc(NC(=O)[C@H](C)OC(=O)[C@@H](NC(=O)c2cccs2)C(C)C)cc1. The van der Waals surface area contributed by atoms with Gasteiger partial charge >= 0.3 is 5.97 Å². The lowest BCUT2D eigenvalue weighted by molar-refractivity contribution is -0.156. The molecule has 0 aliphatic rings. The lowest BCUT2D eigenvalue weighted by atomic mass is 10.0. The molecular formula is C21H24N2O5S. The highest BCUT2D eigenvalue weighted by Crippen LogP contribution is 2.13. The first kappa shape index (κ1) is 22.3. The van der Waals surface area contributed by atoms with Crippen LogP contribution in [-0.4, -0.2) is 35.7 Å². The molecular weight excluding hydrogens is 392 g/mol. The Kier molecular flexibility index (Phi) is 7.67. The Hall–Kier alpha value is -3.00. The Labute approximate surface area is 173 Å². The van der Waals surface area contributed by atoms with Crippen molar-refractivity contribution in [3.63, 3.8) is 0 Å². The number of benzene rings is 1. The maximum atomic E-state index is 12.5. The molecule has 2 rings (SSSR count). The normalized spacial score (nSPS) is 12.7. The summed E-state index contributed by atoms with van der Waals surface area (Å²) >= 11 is 1.27. The van der Waals surface area contributed by atoms with Crippen molar-refractivity contribution in [1.29, 1.82) is 0 Å². The third-order valence-electron chi connectivity index (χ3n) is 4.17. The molecule has 1 heterocycles. The molecule has 0 saturated carbocycles.